The van der Waals surface area contributed by atoms with E-state index in [0.29, 0.717) is 0 Å². The summed E-state index contributed by atoms with van der Waals surface area (Å²) in [5, 5.41) is 11.4. The van der Waals surface area contributed by atoms with Crippen LogP contribution in [0.4, 0.5) is 18.9 Å². The number of alkyl halides is 3. The van der Waals surface area contributed by atoms with Crippen LogP contribution in [0.25, 0.3) is 0 Å². The van der Waals surface area contributed by atoms with Gasteiger partial charge < -0.3 is 15.2 Å². The van der Waals surface area contributed by atoms with Crippen molar-refractivity contribution in [1.29, 1.82) is 0 Å². The summed E-state index contributed by atoms with van der Waals surface area (Å²) in [5.41, 5.74) is -0.575. The third kappa shape index (κ3) is 3.32. The largest absolute Gasteiger partial charge is 0.573 e. The summed E-state index contributed by atoms with van der Waals surface area (Å²) in [4.78, 5) is 23.1. The van der Waals surface area contributed by atoms with Gasteiger partial charge >= 0.3 is 12.3 Å². The summed E-state index contributed by atoms with van der Waals surface area (Å²) in [6, 6.07) is 4.82. The lowest BCUT2D eigenvalue weighted by molar-refractivity contribution is -0.274. The second-order valence-electron chi connectivity index (χ2n) is 5.68. The molecule has 1 amide bonds. The van der Waals surface area contributed by atoms with Gasteiger partial charge in [-0.25, -0.2) is 0 Å². The van der Waals surface area contributed by atoms with E-state index in [1.807, 2.05) is 0 Å². The zero-order chi connectivity index (χ0) is 16.7. The summed E-state index contributed by atoms with van der Waals surface area (Å²) >= 11 is 0. The first-order valence-electron chi connectivity index (χ1n) is 6.42. The molecule has 1 fully saturated rings. The fourth-order valence-electron chi connectivity index (χ4n) is 2.58. The molecular formula is C14H14F3NO4. The molecular weight excluding hydrogens is 303 g/mol. The highest BCUT2D eigenvalue weighted by Crippen LogP contribution is 2.58. The van der Waals surface area contributed by atoms with E-state index in [0.717, 1.165) is 12.1 Å². The molecule has 1 aliphatic rings. The highest BCUT2D eigenvalue weighted by Gasteiger charge is 2.65. The number of halogens is 3. The molecule has 2 N–H and O–H groups in total. The van der Waals surface area contributed by atoms with E-state index in [9.17, 15) is 22.8 Å². The molecule has 8 heteroatoms. The molecule has 0 saturated heterocycles. The van der Waals surface area contributed by atoms with Crippen LogP contribution in [-0.4, -0.2) is 23.3 Å². The first-order valence-corrected chi connectivity index (χ1v) is 6.42. The number of anilines is 1. The Labute approximate surface area is 124 Å². The molecule has 0 unspecified atom stereocenters. The van der Waals surface area contributed by atoms with E-state index >= 15 is 0 Å². The maximum absolute atomic E-state index is 12.1. The van der Waals surface area contributed by atoms with Crippen LogP contribution in [0.3, 0.4) is 0 Å². The van der Waals surface area contributed by atoms with Crippen molar-refractivity contribution in [2.45, 2.75) is 20.2 Å². The fourth-order valence-corrected chi connectivity index (χ4v) is 2.58. The summed E-state index contributed by atoms with van der Waals surface area (Å²) in [5.74, 6) is -3.60. The second-order valence-corrected chi connectivity index (χ2v) is 5.68. The zero-order valence-electron chi connectivity index (χ0n) is 11.8. The number of carboxylic acids is 1. The van der Waals surface area contributed by atoms with Crippen LogP contribution in [-0.2, 0) is 9.59 Å². The average molecular weight is 317 g/mol. The molecule has 0 bridgehead atoms. The number of hydrogen-bond donors (Lipinski definition) is 2. The van der Waals surface area contributed by atoms with Crippen LogP contribution in [0, 0.1) is 17.3 Å². The van der Waals surface area contributed by atoms with Crippen LogP contribution >= 0.6 is 0 Å². The molecule has 0 radical (unpaired) electrons. The van der Waals surface area contributed by atoms with Crippen molar-refractivity contribution in [3.05, 3.63) is 24.3 Å². The first kappa shape index (κ1) is 16.1. The van der Waals surface area contributed by atoms with Gasteiger partial charge in [0.15, 0.2) is 0 Å². The standard InChI is InChI=1S/C14H14F3NO4/c1-13(2)9(10(13)12(20)21)11(19)18-7-4-3-5-8(6-7)22-14(15,16)17/h3-6,9-10H,1-2H3,(H,18,19)(H,20,21)/t9-,10-/m1/s1. The number of carbonyl (C=O) groups is 2. The zero-order valence-corrected chi connectivity index (χ0v) is 11.8. The van der Waals surface area contributed by atoms with E-state index in [2.05, 4.69) is 10.1 Å². The maximum atomic E-state index is 12.1. The van der Waals surface area contributed by atoms with Crippen molar-refractivity contribution in [1.82, 2.24) is 0 Å². The normalized spacial score (nSPS) is 22.8. The Morgan fingerprint density at radius 2 is 1.91 bits per heavy atom. The number of carbonyl (C=O) groups excluding carboxylic acids is 1. The summed E-state index contributed by atoms with van der Waals surface area (Å²) < 4.78 is 40.2. The molecule has 2 rings (SSSR count). The van der Waals surface area contributed by atoms with Crippen LogP contribution < -0.4 is 10.1 Å². The van der Waals surface area contributed by atoms with Crippen molar-refractivity contribution < 1.29 is 32.6 Å². The van der Waals surface area contributed by atoms with E-state index in [-0.39, 0.29) is 5.69 Å². The van der Waals surface area contributed by atoms with E-state index in [1.165, 1.54) is 12.1 Å². The van der Waals surface area contributed by atoms with Crippen molar-refractivity contribution in [2.24, 2.45) is 17.3 Å². The third-order valence-electron chi connectivity index (χ3n) is 3.71. The molecule has 1 saturated carbocycles. The van der Waals surface area contributed by atoms with Gasteiger partial charge in [-0.3, -0.25) is 9.59 Å². The molecule has 0 spiro atoms. The van der Waals surface area contributed by atoms with Crippen LogP contribution in [0.2, 0.25) is 0 Å². The molecule has 1 aromatic rings. The predicted octanol–water partition coefficient (Wildman–Crippen LogP) is 2.88. The smallest absolute Gasteiger partial charge is 0.481 e. The molecule has 1 aliphatic carbocycles. The molecule has 120 valence electrons. The van der Waals surface area contributed by atoms with Crippen molar-refractivity contribution in [2.75, 3.05) is 5.32 Å². The average Bonchev–Trinajstić information content (AvgIpc) is 2.90. The molecule has 0 aromatic heterocycles. The number of amides is 1. The number of ether oxygens (including phenoxy) is 1. The Morgan fingerprint density at radius 3 is 2.41 bits per heavy atom. The Balaban J connectivity index is 2.07. The number of benzene rings is 1. The Bertz CT molecular complexity index is 612. The maximum Gasteiger partial charge on any atom is 0.573 e. The minimum absolute atomic E-state index is 0.110. The minimum Gasteiger partial charge on any atom is -0.481 e. The van der Waals surface area contributed by atoms with Gasteiger partial charge in [0.1, 0.15) is 5.75 Å². The first-order chi connectivity index (χ1) is 10.0. The SMILES string of the molecule is CC1(C)[C@@H](C(=O)O)[C@@H]1C(=O)Nc1cccc(OC(F)(F)F)c1. The lowest BCUT2D eigenvalue weighted by Gasteiger charge is -2.11. The summed E-state index contributed by atoms with van der Waals surface area (Å²) in [6.07, 6.45) is -4.82. The second kappa shape index (κ2) is 5.19. The Morgan fingerprint density at radius 1 is 1.27 bits per heavy atom. The van der Waals surface area contributed by atoms with Gasteiger partial charge in [-0.2, -0.15) is 0 Å². The van der Waals surface area contributed by atoms with Gasteiger partial charge in [-0.1, -0.05) is 19.9 Å². The van der Waals surface area contributed by atoms with Gasteiger partial charge in [0, 0.05) is 11.8 Å². The Kier molecular flexibility index (Phi) is 3.80. The highest BCUT2D eigenvalue weighted by molar-refractivity contribution is 5.99. The molecule has 2 atom stereocenters. The number of aliphatic carboxylic acids is 1. The molecule has 0 heterocycles. The molecule has 5 nitrogen and oxygen atoms in total. The predicted molar refractivity (Wildman–Crippen MR) is 70.2 cm³/mol. The third-order valence-corrected chi connectivity index (χ3v) is 3.71. The van der Waals surface area contributed by atoms with Crippen molar-refractivity contribution in [3.8, 4) is 5.75 Å². The van der Waals surface area contributed by atoms with Crippen molar-refractivity contribution in [3.63, 3.8) is 0 Å². The highest BCUT2D eigenvalue weighted by atomic mass is 19.4. The molecule has 0 aliphatic heterocycles. The van der Waals surface area contributed by atoms with Crippen LogP contribution in [0.15, 0.2) is 24.3 Å². The quantitative estimate of drug-likeness (QED) is 0.895. The number of rotatable bonds is 4. The van der Waals surface area contributed by atoms with Crippen LogP contribution in [0.5, 0.6) is 5.75 Å². The van der Waals surface area contributed by atoms with E-state index < -0.39 is 41.2 Å². The van der Waals surface area contributed by atoms with Gasteiger partial charge in [0.05, 0.1) is 11.8 Å². The van der Waals surface area contributed by atoms with Gasteiger partial charge in [-0.05, 0) is 17.5 Å². The van der Waals surface area contributed by atoms with Gasteiger partial charge in [0.2, 0.25) is 5.91 Å². The van der Waals surface area contributed by atoms with Crippen molar-refractivity contribution >= 4 is 17.6 Å². The summed E-state index contributed by atoms with van der Waals surface area (Å²) in [6.45, 7) is 3.30. The van der Waals surface area contributed by atoms with Gasteiger partial charge in [-0.15, -0.1) is 13.2 Å². The fraction of sp³-hybridized carbons (Fsp3) is 0.429. The lowest BCUT2D eigenvalue weighted by Crippen LogP contribution is -2.19. The molecule has 22 heavy (non-hydrogen) atoms. The number of carboxylic acid groups (broad SMARTS) is 1. The topological polar surface area (TPSA) is 75.6 Å². The minimum atomic E-state index is -4.82. The summed E-state index contributed by atoms with van der Waals surface area (Å²) in [7, 11) is 0. The van der Waals surface area contributed by atoms with E-state index in [4.69, 9.17) is 5.11 Å². The number of hydrogen-bond acceptors (Lipinski definition) is 3. The van der Waals surface area contributed by atoms with Gasteiger partial charge in [0.25, 0.3) is 0 Å². The monoisotopic (exact) mass is 317 g/mol. The lowest BCUT2D eigenvalue weighted by atomic mass is 10.1. The number of nitrogens with one attached hydrogen (secondary N) is 1. The Hall–Kier alpha value is -2.25. The molecule has 1 aromatic carbocycles. The van der Waals surface area contributed by atoms with Crippen LogP contribution in [0.1, 0.15) is 13.8 Å². The van der Waals surface area contributed by atoms with E-state index in [1.54, 1.807) is 13.8 Å².